The molecule has 0 aromatic heterocycles. The highest BCUT2D eigenvalue weighted by Crippen LogP contribution is 2.34. The van der Waals surface area contributed by atoms with Crippen molar-refractivity contribution in [1.29, 1.82) is 0 Å². The lowest BCUT2D eigenvalue weighted by molar-refractivity contribution is 0.406. The second kappa shape index (κ2) is 5.87. The minimum Gasteiger partial charge on any atom is -0.496 e. The molecule has 2 rings (SSSR count). The fraction of sp³-hybridized carbons (Fsp3) is 0.571. The summed E-state index contributed by atoms with van der Waals surface area (Å²) in [5.41, 5.74) is 2.65. The van der Waals surface area contributed by atoms with Gasteiger partial charge in [-0.05, 0) is 49.4 Å². The molecule has 1 N–H and O–H groups in total. The van der Waals surface area contributed by atoms with Crippen molar-refractivity contribution in [3.63, 3.8) is 0 Å². The number of piperidine rings is 1. The first-order valence-electron chi connectivity index (χ1n) is 6.33. The van der Waals surface area contributed by atoms with E-state index in [4.69, 9.17) is 4.74 Å². The number of hydrogen-bond donors (Lipinski definition) is 1. The molecule has 1 unspecified atom stereocenters. The molecule has 1 aliphatic rings. The SMILES string of the molecule is CCc1c(Br)cc(C2CCCNC2)cc1OC. The standard InChI is InChI=1S/C14H20BrNO/c1-3-12-13(15)7-11(8-14(12)17-2)10-5-4-6-16-9-10/h7-8,10,16H,3-6,9H2,1-2H3. The first-order chi connectivity index (χ1) is 8.26. The van der Waals surface area contributed by atoms with E-state index in [1.165, 1.54) is 28.4 Å². The lowest BCUT2D eigenvalue weighted by Crippen LogP contribution is -2.28. The van der Waals surface area contributed by atoms with Gasteiger partial charge in [0.15, 0.2) is 0 Å². The summed E-state index contributed by atoms with van der Waals surface area (Å²) in [5, 5.41) is 3.46. The number of benzene rings is 1. The minimum atomic E-state index is 0.625. The van der Waals surface area contributed by atoms with Gasteiger partial charge in [0.05, 0.1) is 7.11 Å². The van der Waals surface area contributed by atoms with Crippen LogP contribution in [0, 0.1) is 0 Å². The number of halogens is 1. The molecular weight excluding hydrogens is 278 g/mol. The van der Waals surface area contributed by atoms with Crippen LogP contribution in [0.25, 0.3) is 0 Å². The summed E-state index contributed by atoms with van der Waals surface area (Å²) in [6.07, 6.45) is 3.53. The van der Waals surface area contributed by atoms with Crippen LogP contribution in [0.2, 0.25) is 0 Å². The Kier molecular flexibility index (Phi) is 4.46. The van der Waals surface area contributed by atoms with E-state index in [2.05, 4.69) is 40.3 Å². The third-order valence-corrected chi connectivity index (χ3v) is 4.23. The molecule has 3 heteroatoms. The second-order valence-electron chi connectivity index (χ2n) is 4.58. The second-order valence-corrected chi connectivity index (χ2v) is 5.43. The molecule has 0 bridgehead atoms. The number of nitrogens with one attached hydrogen (secondary N) is 1. The molecule has 1 aromatic carbocycles. The van der Waals surface area contributed by atoms with Crippen LogP contribution >= 0.6 is 15.9 Å². The highest BCUT2D eigenvalue weighted by atomic mass is 79.9. The Morgan fingerprint density at radius 1 is 1.47 bits per heavy atom. The average molecular weight is 298 g/mol. The van der Waals surface area contributed by atoms with Gasteiger partial charge in [0.2, 0.25) is 0 Å². The molecule has 0 radical (unpaired) electrons. The average Bonchev–Trinajstić information content (AvgIpc) is 2.38. The predicted octanol–water partition coefficient (Wildman–Crippen LogP) is 3.49. The zero-order valence-corrected chi connectivity index (χ0v) is 12.1. The van der Waals surface area contributed by atoms with Gasteiger partial charge >= 0.3 is 0 Å². The molecule has 17 heavy (non-hydrogen) atoms. The minimum absolute atomic E-state index is 0.625. The maximum Gasteiger partial charge on any atom is 0.123 e. The summed E-state index contributed by atoms with van der Waals surface area (Å²) < 4.78 is 6.68. The van der Waals surface area contributed by atoms with E-state index in [0.29, 0.717) is 5.92 Å². The maximum absolute atomic E-state index is 5.50. The Morgan fingerprint density at radius 3 is 2.88 bits per heavy atom. The molecular formula is C14H20BrNO. The lowest BCUT2D eigenvalue weighted by atomic mass is 9.90. The van der Waals surface area contributed by atoms with E-state index >= 15 is 0 Å². The molecule has 0 amide bonds. The summed E-state index contributed by atoms with van der Waals surface area (Å²) in [7, 11) is 1.75. The monoisotopic (exact) mass is 297 g/mol. The van der Waals surface area contributed by atoms with Gasteiger partial charge in [0.25, 0.3) is 0 Å². The van der Waals surface area contributed by atoms with Gasteiger partial charge in [0, 0.05) is 16.6 Å². The Hall–Kier alpha value is -0.540. The summed E-state index contributed by atoms with van der Waals surface area (Å²) in [6.45, 7) is 4.40. The van der Waals surface area contributed by atoms with Crippen LogP contribution in [0.1, 0.15) is 36.8 Å². The van der Waals surface area contributed by atoms with E-state index < -0.39 is 0 Å². The zero-order chi connectivity index (χ0) is 12.3. The lowest BCUT2D eigenvalue weighted by Gasteiger charge is -2.24. The highest BCUT2D eigenvalue weighted by Gasteiger charge is 2.18. The zero-order valence-electron chi connectivity index (χ0n) is 10.6. The van der Waals surface area contributed by atoms with E-state index in [0.717, 1.165) is 25.3 Å². The Bertz CT molecular complexity index is 386. The summed E-state index contributed by atoms with van der Waals surface area (Å²) in [5.74, 6) is 1.64. The van der Waals surface area contributed by atoms with Crippen molar-refractivity contribution in [3.05, 3.63) is 27.7 Å². The fourth-order valence-electron chi connectivity index (χ4n) is 2.53. The summed E-state index contributed by atoms with van der Waals surface area (Å²) >= 11 is 3.67. The van der Waals surface area contributed by atoms with E-state index in [9.17, 15) is 0 Å². The summed E-state index contributed by atoms with van der Waals surface area (Å²) in [6, 6.07) is 4.47. The number of hydrogen-bond acceptors (Lipinski definition) is 2. The fourth-order valence-corrected chi connectivity index (χ4v) is 3.27. The van der Waals surface area contributed by atoms with Crippen LogP contribution in [0.5, 0.6) is 5.75 Å². The highest BCUT2D eigenvalue weighted by molar-refractivity contribution is 9.10. The topological polar surface area (TPSA) is 21.3 Å². The Balaban J connectivity index is 2.31. The molecule has 2 nitrogen and oxygen atoms in total. The molecule has 1 heterocycles. The molecule has 0 spiro atoms. The Morgan fingerprint density at radius 2 is 2.29 bits per heavy atom. The summed E-state index contributed by atoms with van der Waals surface area (Å²) in [4.78, 5) is 0. The van der Waals surface area contributed by atoms with Crippen LogP contribution in [0.4, 0.5) is 0 Å². The van der Waals surface area contributed by atoms with E-state index in [1.807, 2.05) is 0 Å². The van der Waals surface area contributed by atoms with Gasteiger partial charge in [0.1, 0.15) is 5.75 Å². The Labute approximate surface area is 112 Å². The van der Waals surface area contributed by atoms with Crippen molar-refractivity contribution in [2.75, 3.05) is 20.2 Å². The molecule has 0 aliphatic carbocycles. The normalized spacial score (nSPS) is 20.3. The van der Waals surface area contributed by atoms with Crippen molar-refractivity contribution >= 4 is 15.9 Å². The molecule has 1 aliphatic heterocycles. The molecule has 1 atom stereocenters. The van der Waals surface area contributed by atoms with Gasteiger partial charge in [-0.25, -0.2) is 0 Å². The molecule has 1 saturated heterocycles. The number of methoxy groups -OCH3 is 1. The molecule has 94 valence electrons. The van der Waals surface area contributed by atoms with Gasteiger partial charge < -0.3 is 10.1 Å². The van der Waals surface area contributed by atoms with E-state index in [1.54, 1.807) is 7.11 Å². The van der Waals surface area contributed by atoms with Gasteiger partial charge in [-0.3, -0.25) is 0 Å². The van der Waals surface area contributed by atoms with Crippen molar-refractivity contribution in [1.82, 2.24) is 5.32 Å². The number of ether oxygens (including phenoxy) is 1. The molecule has 1 aromatic rings. The van der Waals surface area contributed by atoms with Gasteiger partial charge in [-0.15, -0.1) is 0 Å². The van der Waals surface area contributed by atoms with Crippen molar-refractivity contribution in [3.8, 4) is 5.75 Å². The smallest absolute Gasteiger partial charge is 0.123 e. The van der Waals surface area contributed by atoms with Crippen LogP contribution < -0.4 is 10.1 Å². The predicted molar refractivity (Wildman–Crippen MR) is 74.9 cm³/mol. The quantitative estimate of drug-likeness (QED) is 0.922. The van der Waals surface area contributed by atoms with Crippen LogP contribution in [-0.4, -0.2) is 20.2 Å². The third-order valence-electron chi connectivity index (χ3n) is 3.52. The first-order valence-corrected chi connectivity index (χ1v) is 7.12. The van der Waals surface area contributed by atoms with Crippen molar-refractivity contribution < 1.29 is 4.74 Å². The first kappa shape index (κ1) is 12.9. The molecule has 0 saturated carbocycles. The van der Waals surface area contributed by atoms with Crippen LogP contribution in [-0.2, 0) is 6.42 Å². The number of rotatable bonds is 3. The van der Waals surface area contributed by atoms with Gasteiger partial charge in [-0.2, -0.15) is 0 Å². The van der Waals surface area contributed by atoms with Crippen molar-refractivity contribution in [2.24, 2.45) is 0 Å². The van der Waals surface area contributed by atoms with E-state index in [-0.39, 0.29) is 0 Å². The maximum atomic E-state index is 5.50. The largest absolute Gasteiger partial charge is 0.496 e. The van der Waals surface area contributed by atoms with Crippen LogP contribution in [0.3, 0.4) is 0 Å². The third kappa shape index (κ3) is 2.83. The molecule has 1 fully saturated rings. The van der Waals surface area contributed by atoms with Crippen molar-refractivity contribution in [2.45, 2.75) is 32.1 Å². The van der Waals surface area contributed by atoms with Gasteiger partial charge in [-0.1, -0.05) is 22.9 Å². The van der Waals surface area contributed by atoms with Crippen LogP contribution in [0.15, 0.2) is 16.6 Å².